The van der Waals surface area contributed by atoms with E-state index >= 15 is 0 Å². The molecule has 2 aromatic rings. The van der Waals surface area contributed by atoms with Crippen LogP contribution in [0.2, 0.25) is 0 Å². The molecule has 1 heterocycles. The number of nitrogens with one attached hydrogen (secondary N) is 2. The highest BCUT2D eigenvalue weighted by molar-refractivity contribution is 7.93. The zero-order valence-electron chi connectivity index (χ0n) is 16.6. The Bertz CT molecular complexity index is 1150. The van der Waals surface area contributed by atoms with Gasteiger partial charge in [-0.1, -0.05) is 0 Å². The lowest BCUT2D eigenvalue weighted by molar-refractivity contribution is 0.102. The molecule has 1 fully saturated rings. The van der Waals surface area contributed by atoms with Crippen LogP contribution in [-0.4, -0.2) is 47.9 Å². The Labute approximate surface area is 176 Å². The van der Waals surface area contributed by atoms with Gasteiger partial charge in [0.25, 0.3) is 5.91 Å². The van der Waals surface area contributed by atoms with Crippen LogP contribution in [0.4, 0.5) is 17.1 Å². The van der Waals surface area contributed by atoms with E-state index in [2.05, 4.69) is 10.0 Å². The van der Waals surface area contributed by atoms with E-state index in [-0.39, 0.29) is 22.9 Å². The molecule has 9 nitrogen and oxygen atoms in total. The summed E-state index contributed by atoms with van der Waals surface area (Å²) in [5, 5.41) is 2.71. The van der Waals surface area contributed by atoms with E-state index in [9.17, 15) is 21.6 Å². The van der Waals surface area contributed by atoms with Crippen LogP contribution in [-0.2, 0) is 20.0 Å². The molecular formula is C19H23N3O6S2. The van der Waals surface area contributed by atoms with Crippen molar-refractivity contribution in [3.8, 4) is 5.75 Å². The van der Waals surface area contributed by atoms with Gasteiger partial charge in [-0.05, 0) is 49.7 Å². The summed E-state index contributed by atoms with van der Waals surface area (Å²) in [4.78, 5) is 12.5. The highest BCUT2D eigenvalue weighted by Gasteiger charge is 2.28. The zero-order valence-corrected chi connectivity index (χ0v) is 18.2. The van der Waals surface area contributed by atoms with Gasteiger partial charge in [0.05, 0.1) is 30.0 Å². The average Bonchev–Trinajstić information content (AvgIpc) is 3.08. The van der Waals surface area contributed by atoms with Gasteiger partial charge < -0.3 is 10.1 Å². The van der Waals surface area contributed by atoms with E-state index in [1.807, 2.05) is 0 Å². The molecule has 1 amide bonds. The summed E-state index contributed by atoms with van der Waals surface area (Å²) >= 11 is 0. The molecule has 30 heavy (non-hydrogen) atoms. The highest BCUT2D eigenvalue weighted by Crippen LogP contribution is 2.29. The summed E-state index contributed by atoms with van der Waals surface area (Å²) in [6.45, 7) is 1.95. The van der Waals surface area contributed by atoms with Crippen LogP contribution in [0.25, 0.3) is 0 Å². The number of rotatable bonds is 7. The predicted octanol–water partition coefficient (Wildman–Crippen LogP) is 2.25. The third-order valence-electron chi connectivity index (χ3n) is 4.62. The van der Waals surface area contributed by atoms with Gasteiger partial charge in [0, 0.05) is 23.9 Å². The summed E-state index contributed by atoms with van der Waals surface area (Å²) in [5.41, 5.74) is 1.57. The molecule has 162 valence electrons. The number of hydrogen-bond donors (Lipinski definition) is 2. The number of hydrogen-bond acceptors (Lipinski definition) is 6. The first-order chi connectivity index (χ1) is 14.1. The van der Waals surface area contributed by atoms with Crippen molar-refractivity contribution < 1.29 is 26.4 Å². The number of anilines is 3. The molecule has 0 aliphatic carbocycles. The molecule has 0 saturated carbocycles. The van der Waals surface area contributed by atoms with E-state index in [4.69, 9.17) is 4.74 Å². The fourth-order valence-electron chi connectivity index (χ4n) is 3.00. The lowest BCUT2D eigenvalue weighted by atomic mass is 10.2. The molecule has 0 aromatic heterocycles. The first-order valence-electron chi connectivity index (χ1n) is 9.25. The predicted molar refractivity (Wildman–Crippen MR) is 116 cm³/mol. The van der Waals surface area contributed by atoms with Crippen LogP contribution in [0, 0.1) is 0 Å². The Balaban J connectivity index is 1.74. The van der Waals surface area contributed by atoms with Crippen molar-refractivity contribution in [2.45, 2.75) is 13.3 Å². The van der Waals surface area contributed by atoms with E-state index in [0.717, 1.165) is 0 Å². The number of amides is 1. The van der Waals surface area contributed by atoms with Crippen LogP contribution in [0.1, 0.15) is 23.7 Å². The monoisotopic (exact) mass is 453 g/mol. The fourth-order valence-corrected chi connectivity index (χ4v) is 5.22. The first-order valence-corrected chi connectivity index (χ1v) is 12.5. The Hall–Kier alpha value is -2.79. The SMILES string of the molecule is CCS(=O)(=O)Nc1ccc(NC(=O)c2ccc(N3CCCS3(=O)=O)cc2)cc1OC. The number of carbonyl (C=O) groups excluding carboxylic acids is 1. The number of benzene rings is 2. The minimum atomic E-state index is -3.47. The van der Waals surface area contributed by atoms with E-state index < -0.39 is 26.0 Å². The normalized spacial score (nSPS) is 15.6. The first kappa shape index (κ1) is 21.9. The minimum Gasteiger partial charge on any atom is -0.494 e. The van der Waals surface area contributed by atoms with Gasteiger partial charge in [-0.3, -0.25) is 13.8 Å². The highest BCUT2D eigenvalue weighted by atomic mass is 32.2. The van der Waals surface area contributed by atoms with Gasteiger partial charge in [-0.15, -0.1) is 0 Å². The quantitative estimate of drug-likeness (QED) is 0.663. The summed E-state index contributed by atoms with van der Waals surface area (Å²) < 4.78 is 56.5. The summed E-state index contributed by atoms with van der Waals surface area (Å²) in [6, 6.07) is 10.9. The standard InChI is InChI=1S/C19H23N3O6S2/c1-3-29(24,25)21-17-10-7-15(13-18(17)28-2)20-19(23)14-5-8-16(9-6-14)22-11-4-12-30(22,26)27/h5-10,13,21H,3-4,11-12H2,1-2H3,(H,20,23). The van der Waals surface area contributed by atoms with E-state index in [1.54, 1.807) is 30.3 Å². The maximum Gasteiger partial charge on any atom is 0.255 e. The molecule has 1 saturated heterocycles. The smallest absolute Gasteiger partial charge is 0.255 e. The molecular weight excluding hydrogens is 430 g/mol. The fraction of sp³-hybridized carbons (Fsp3) is 0.316. The Morgan fingerprint density at radius 3 is 2.43 bits per heavy atom. The Morgan fingerprint density at radius 1 is 1.17 bits per heavy atom. The molecule has 2 aromatic carbocycles. The summed E-state index contributed by atoms with van der Waals surface area (Å²) in [6.07, 6.45) is 0.580. The van der Waals surface area contributed by atoms with Crippen molar-refractivity contribution in [2.75, 3.05) is 39.5 Å². The third kappa shape index (κ3) is 4.85. The number of carbonyl (C=O) groups is 1. The molecule has 1 aliphatic heterocycles. The van der Waals surface area contributed by atoms with Crippen molar-refractivity contribution in [1.82, 2.24) is 0 Å². The Morgan fingerprint density at radius 2 is 1.87 bits per heavy atom. The Kier molecular flexibility index (Phi) is 6.22. The van der Waals surface area contributed by atoms with Gasteiger partial charge >= 0.3 is 0 Å². The largest absolute Gasteiger partial charge is 0.494 e. The minimum absolute atomic E-state index is 0.0800. The number of sulfonamides is 2. The van der Waals surface area contributed by atoms with Crippen LogP contribution >= 0.6 is 0 Å². The molecule has 11 heteroatoms. The molecule has 3 rings (SSSR count). The van der Waals surface area contributed by atoms with Crippen molar-refractivity contribution in [3.05, 3.63) is 48.0 Å². The molecule has 0 spiro atoms. The molecule has 2 N–H and O–H groups in total. The number of nitrogens with zero attached hydrogens (tertiary/aromatic N) is 1. The lowest BCUT2D eigenvalue weighted by Gasteiger charge is -2.17. The third-order valence-corrected chi connectivity index (χ3v) is 7.78. The van der Waals surface area contributed by atoms with Crippen molar-refractivity contribution in [2.24, 2.45) is 0 Å². The zero-order chi connectivity index (χ0) is 21.9. The topological polar surface area (TPSA) is 122 Å². The number of methoxy groups -OCH3 is 1. The van der Waals surface area contributed by atoms with Crippen molar-refractivity contribution in [3.63, 3.8) is 0 Å². The van der Waals surface area contributed by atoms with Gasteiger partial charge in [0.1, 0.15) is 5.75 Å². The molecule has 0 bridgehead atoms. The molecule has 0 atom stereocenters. The van der Waals surface area contributed by atoms with Crippen LogP contribution < -0.4 is 19.1 Å². The maximum absolute atomic E-state index is 12.5. The molecule has 1 aliphatic rings. The van der Waals surface area contributed by atoms with Gasteiger partial charge in [-0.2, -0.15) is 0 Å². The van der Waals surface area contributed by atoms with E-state index in [1.165, 1.54) is 30.5 Å². The second-order valence-electron chi connectivity index (χ2n) is 6.66. The van der Waals surface area contributed by atoms with Crippen molar-refractivity contribution in [1.29, 1.82) is 0 Å². The van der Waals surface area contributed by atoms with Crippen LogP contribution in [0.5, 0.6) is 5.75 Å². The second kappa shape index (κ2) is 8.52. The van der Waals surface area contributed by atoms with Gasteiger partial charge in [0.2, 0.25) is 20.0 Å². The second-order valence-corrected chi connectivity index (χ2v) is 10.7. The maximum atomic E-state index is 12.5. The summed E-state index contributed by atoms with van der Waals surface area (Å²) in [5.74, 6) is -0.0839. The van der Waals surface area contributed by atoms with Gasteiger partial charge in [-0.25, -0.2) is 16.8 Å². The molecule has 0 radical (unpaired) electrons. The van der Waals surface area contributed by atoms with Crippen LogP contribution in [0.3, 0.4) is 0 Å². The van der Waals surface area contributed by atoms with E-state index in [0.29, 0.717) is 29.9 Å². The lowest BCUT2D eigenvalue weighted by Crippen LogP contribution is -2.25. The molecule has 0 unspecified atom stereocenters. The van der Waals surface area contributed by atoms with Crippen molar-refractivity contribution >= 4 is 43.0 Å². The summed E-state index contributed by atoms with van der Waals surface area (Å²) in [7, 11) is -5.35. The number of ether oxygens (including phenoxy) is 1. The average molecular weight is 454 g/mol. The van der Waals surface area contributed by atoms with Crippen LogP contribution in [0.15, 0.2) is 42.5 Å². The van der Waals surface area contributed by atoms with Gasteiger partial charge in [0.15, 0.2) is 0 Å².